The molecule has 5 nitrogen and oxygen atoms in total. The number of carboxylic acid groups (broad SMARTS) is 1. The number of aliphatic carboxylic acids is 1. The normalized spacial score (nSPS) is 24.3. The molecule has 1 aliphatic carbocycles. The molecule has 0 bridgehead atoms. The van der Waals surface area contributed by atoms with Gasteiger partial charge in [-0.3, -0.25) is 4.79 Å². The molecule has 92 valence electrons. The molecule has 0 saturated heterocycles. The van der Waals surface area contributed by atoms with E-state index in [2.05, 4.69) is 15.3 Å². The maximum Gasteiger partial charge on any atom is 0.308 e. The van der Waals surface area contributed by atoms with Gasteiger partial charge in [0, 0.05) is 17.9 Å². The zero-order valence-corrected chi connectivity index (χ0v) is 9.89. The standard InChI is InChI=1S/C12H17N3O2/c1-8-6-7-13-12(14-8)15-10-5-3-2-4-9(10)11(16)17/h6-7,9-10H,2-5H2,1H3,(H,16,17)(H,13,14,15). The quantitative estimate of drug-likeness (QED) is 0.836. The maximum absolute atomic E-state index is 11.1. The molecule has 2 unspecified atom stereocenters. The molecule has 0 aromatic carbocycles. The van der Waals surface area contributed by atoms with Crippen LogP contribution >= 0.6 is 0 Å². The summed E-state index contributed by atoms with van der Waals surface area (Å²) in [6, 6.07) is 1.77. The van der Waals surface area contributed by atoms with Crippen LogP contribution < -0.4 is 5.32 Å². The van der Waals surface area contributed by atoms with E-state index in [9.17, 15) is 4.79 Å². The number of aryl methyl sites for hydroxylation is 1. The summed E-state index contributed by atoms with van der Waals surface area (Å²) in [6.07, 6.45) is 5.34. The molecule has 1 fully saturated rings. The zero-order valence-electron chi connectivity index (χ0n) is 9.89. The summed E-state index contributed by atoms with van der Waals surface area (Å²) in [6.45, 7) is 1.89. The van der Waals surface area contributed by atoms with Crippen LogP contribution in [0.2, 0.25) is 0 Å². The Morgan fingerprint density at radius 3 is 2.94 bits per heavy atom. The molecule has 1 aromatic heterocycles. The van der Waals surface area contributed by atoms with Crippen molar-refractivity contribution in [3.63, 3.8) is 0 Å². The monoisotopic (exact) mass is 235 g/mol. The van der Waals surface area contributed by atoms with Gasteiger partial charge in [0.15, 0.2) is 0 Å². The largest absolute Gasteiger partial charge is 0.481 e. The zero-order chi connectivity index (χ0) is 12.3. The van der Waals surface area contributed by atoms with Gasteiger partial charge < -0.3 is 10.4 Å². The number of aromatic nitrogens is 2. The maximum atomic E-state index is 11.1. The number of anilines is 1. The Labute approximate surface area is 100 Å². The van der Waals surface area contributed by atoms with Crippen LogP contribution in [0.15, 0.2) is 12.3 Å². The van der Waals surface area contributed by atoms with Gasteiger partial charge in [-0.1, -0.05) is 12.8 Å². The van der Waals surface area contributed by atoms with Crippen LogP contribution in [0.1, 0.15) is 31.4 Å². The molecule has 2 atom stereocenters. The second kappa shape index (κ2) is 5.12. The summed E-state index contributed by atoms with van der Waals surface area (Å²) in [5.74, 6) is -0.522. The molecule has 0 spiro atoms. The molecule has 1 saturated carbocycles. The van der Waals surface area contributed by atoms with Crippen molar-refractivity contribution in [1.29, 1.82) is 0 Å². The predicted octanol–water partition coefficient (Wildman–Crippen LogP) is 1.84. The Morgan fingerprint density at radius 2 is 2.24 bits per heavy atom. The Bertz CT molecular complexity index is 408. The van der Waals surface area contributed by atoms with Crippen LogP contribution in [0, 0.1) is 12.8 Å². The van der Waals surface area contributed by atoms with Gasteiger partial charge in [0.2, 0.25) is 5.95 Å². The third-order valence-electron chi connectivity index (χ3n) is 3.19. The third-order valence-corrected chi connectivity index (χ3v) is 3.19. The molecule has 17 heavy (non-hydrogen) atoms. The molecule has 0 amide bonds. The number of nitrogens with one attached hydrogen (secondary N) is 1. The fourth-order valence-corrected chi connectivity index (χ4v) is 2.28. The van der Waals surface area contributed by atoms with Crippen molar-refractivity contribution in [2.45, 2.75) is 38.6 Å². The van der Waals surface area contributed by atoms with Crippen LogP contribution in [-0.4, -0.2) is 27.1 Å². The molecule has 1 aliphatic rings. The summed E-state index contributed by atoms with van der Waals surface area (Å²) in [7, 11) is 0. The van der Waals surface area contributed by atoms with Gasteiger partial charge in [0.05, 0.1) is 5.92 Å². The van der Waals surface area contributed by atoms with Gasteiger partial charge in [-0.2, -0.15) is 0 Å². The van der Waals surface area contributed by atoms with Gasteiger partial charge in [-0.05, 0) is 25.8 Å². The van der Waals surface area contributed by atoms with E-state index in [1.54, 1.807) is 6.20 Å². The summed E-state index contributed by atoms with van der Waals surface area (Å²) in [5, 5.41) is 12.3. The number of rotatable bonds is 3. The Balaban J connectivity index is 2.08. The third kappa shape index (κ3) is 2.93. The minimum absolute atomic E-state index is 0.0527. The lowest BCUT2D eigenvalue weighted by atomic mass is 9.84. The highest BCUT2D eigenvalue weighted by atomic mass is 16.4. The lowest BCUT2D eigenvalue weighted by molar-refractivity contribution is -0.143. The number of hydrogen-bond donors (Lipinski definition) is 2. The van der Waals surface area contributed by atoms with Crippen molar-refractivity contribution in [1.82, 2.24) is 9.97 Å². The number of carboxylic acids is 1. The summed E-state index contributed by atoms with van der Waals surface area (Å²) in [4.78, 5) is 19.5. The summed E-state index contributed by atoms with van der Waals surface area (Å²) in [5.41, 5.74) is 0.880. The van der Waals surface area contributed by atoms with Crippen LogP contribution in [0.4, 0.5) is 5.95 Å². The average molecular weight is 235 g/mol. The lowest BCUT2D eigenvalue weighted by Crippen LogP contribution is -2.37. The Hall–Kier alpha value is -1.65. The Morgan fingerprint density at radius 1 is 1.47 bits per heavy atom. The van der Waals surface area contributed by atoms with Gasteiger partial charge in [-0.15, -0.1) is 0 Å². The lowest BCUT2D eigenvalue weighted by Gasteiger charge is -2.29. The second-order valence-corrected chi connectivity index (χ2v) is 4.50. The fraction of sp³-hybridized carbons (Fsp3) is 0.583. The molecular formula is C12H17N3O2. The number of carbonyl (C=O) groups is 1. The predicted molar refractivity (Wildman–Crippen MR) is 63.8 cm³/mol. The molecule has 0 aliphatic heterocycles. The second-order valence-electron chi connectivity index (χ2n) is 4.50. The van der Waals surface area contributed by atoms with Crippen LogP contribution in [0.3, 0.4) is 0 Å². The van der Waals surface area contributed by atoms with Gasteiger partial charge in [0.25, 0.3) is 0 Å². The number of hydrogen-bond acceptors (Lipinski definition) is 4. The summed E-state index contributed by atoms with van der Waals surface area (Å²) < 4.78 is 0. The minimum Gasteiger partial charge on any atom is -0.481 e. The van der Waals surface area contributed by atoms with Crippen molar-refractivity contribution in [3.8, 4) is 0 Å². The molecular weight excluding hydrogens is 218 g/mol. The van der Waals surface area contributed by atoms with Crippen molar-refractivity contribution >= 4 is 11.9 Å². The topological polar surface area (TPSA) is 75.1 Å². The smallest absolute Gasteiger partial charge is 0.308 e. The van der Waals surface area contributed by atoms with E-state index in [0.717, 1.165) is 31.4 Å². The van der Waals surface area contributed by atoms with E-state index < -0.39 is 5.97 Å². The molecule has 0 radical (unpaired) electrons. The van der Waals surface area contributed by atoms with Gasteiger partial charge >= 0.3 is 5.97 Å². The molecule has 2 rings (SSSR count). The number of nitrogens with zero attached hydrogens (tertiary/aromatic N) is 2. The Kier molecular flexibility index (Phi) is 3.56. The van der Waals surface area contributed by atoms with E-state index in [0.29, 0.717) is 5.95 Å². The first-order valence-corrected chi connectivity index (χ1v) is 5.96. The van der Waals surface area contributed by atoms with Crippen LogP contribution in [0.25, 0.3) is 0 Å². The highest BCUT2D eigenvalue weighted by Gasteiger charge is 2.31. The van der Waals surface area contributed by atoms with Crippen molar-refractivity contribution < 1.29 is 9.90 Å². The van der Waals surface area contributed by atoms with E-state index in [1.807, 2.05) is 13.0 Å². The average Bonchev–Trinajstić information content (AvgIpc) is 2.29. The summed E-state index contributed by atoms with van der Waals surface area (Å²) >= 11 is 0. The first-order valence-electron chi connectivity index (χ1n) is 5.96. The molecule has 2 N–H and O–H groups in total. The van der Waals surface area contributed by atoms with E-state index >= 15 is 0 Å². The van der Waals surface area contributed by atoms with Crippen molar-refractivity contribution in [2.24, 2.45) is 5.92 Å². The first-order chi connectivity index (χ1) is 8.16. The van der Waals surface area contributed by atoms with Gasteiger partial charge in [-0.25, -0.2) is 9.97 Å². The molecule has 1 aromatic rings. The fourth-order valence-electron chi connectivity index (χ4n) is 2.28. The first kappa shape index (κ1) is 11.8. The SMILES string of the molecule is Cc1ccnc(NC2CCCCC2C(=O)O)n1. The van der Waals surface area contributed by atoms with Crippen LogP contribution in [0.5, 0.6) is 0 Å². The van der Waals surface area contributed by atoms with E-state index in [1.165, 1.54) is 0 Å². The van der Waals surface area contributed by atoms with Crippen molar-refractivity contribution in [2.75, 3.05) is 5.32 Å². The van der Waals surface area contributed by atoms with Crippen LogP contribution in [-0.2, 0) is 4.79 Å². The highest BCUT2D eigenvalue weighted by molar-refractivity contribution is 5.71. The van der Waals surface area contributed by atoms with E-state index in [4.69, 9.17) is 5.11 Å². The molecule has 1 heterocycles. The molecule has 5 heteroatoms. The van der Waals surface area contributed by atoms with E-state index in [-0.39, 0.29) is 12.0 Å². The van der Waals surface area contributed by atoms with Gasteiger partial charge in [0.1, 0.15) is 0 Å². The minimum atomic E-state index is -0.727. The highest BCUT2D eigenvalue weighted by Crippen LogP contribution is 2.26. The van der Waals surface area contributed by atoms with Crippen molar-refractivity contribution in [3.05, 3.63) is 18.0 Å².